The fraction of sp³-hybridized carbons (Fsp3) is 0.531. The van der Waals surface area contributed by atoms with Crippen LogP contribution in [0.1, 0.15) is 62.1 Å². The molecule has 2 atom stereocenters. The molecule has 0 N–H and O–H groups in total. The minimum Gasteiger partial charge on any atom is -0.384 e. The molecule has 8 nitrogen and oxygen atoms in total. The molecule has 2 aromatic heterocycles. The van der Waals surface area contributed by atoms with Crippen molar-refractivity contribution in [2.45, 2.75) is 57.9 Å². The molecule has 223 valence electrons. The number of likely N-dealkylation sites (N-methyl/N-ethyl adjacent to an activating group) is 1. The molecule has 6 rings (SSSR count). The van der Waals surface area contributed by atoms with Crippen molar-refractivity contribution in [3.05, 3.63) is 76.1 Å². The van der Waals surface area contributed by atoms with Gasteiger partial charge in [-0.25, -0.2) is 18.2 Å². The molecule has 0 unspecified atom stereocenters. The van der Waals surface area contributed by atoms with Crippen molar-refractivity contribution < 1.29 is 18.1 Å². The Morgan fingerprint density at radius 3 is 2.71 bits per heavy atom. The van der Waals surface area contributed by atoms with Crippen LogP contribution in [0, 0.1) is 23.9 Å². The summed E-state index contributed by atoms with van der Waals surface area (Å²) >= 11 is 0. The summed E-state index contributed by atoms with van der Waals surface area (Å²) < 4.78 is 40.1. The summed E-state index contributed by atoms with van der Waals surface area (Å²) in [6.07, 6.45) is 10.2. The molecule has 3 aromatic rings. The topological polar surface area (TPSA) is 66.6 Å². The van der Waals surface area contributed by atoms with Gasteiger partial charge in [0.1, 0.15) is 0 Å². The van der Waals surface area contributed by atoms with E-state index in [1.807, 2.05) is 29.8 Å². The average molecular weight is 579 g/mol. The van der Waals surface area contributed by atoms with E-state index in [9.17, 15) is 13.6 Å². The maximum atomic E-state index is 15.0. The number of methoxy groups -OCH3 is 1. The van der Waals surface area contributed by atoms with Crippen molar-refractivity contribution in [1.29, 1.82) is 0 Å². The SMILES string of the molecule is COCC1CC([C@@H]([C]2N=NC=[N+]2C)c2cccc(-n3cc4c(C(C)(F)F)cc(CN5CCC[C@H](C)C5)cn4c3=O)c2)C1. The molecule has 2 aliphatic heterocycles. The maximum absolute atomic E-state index is 15.0. The van der Waals surface area contributed by atoms with Crippen LogP contribution in [-0.2, 0) is 17.2 Å². The van der Waals surface area contributed by atoms with Crippen molar-refractivity contribution in [2.75, 3.05) is 33.9 Å². The quantitative estimate of drug-likeness (QED) is 0.301. The number of piperidine rings is 1. The predicted molar refractivity (Wildman–Crippen MR) is 157 cm³/mol. The van der Waals surface area contributed by atoms with Gasteiger partial charge in [0.15, 0.2) is 0 Å². The average Bonchev–Trinajstić information content (AvgIpc) is 3.49. The smallest absolute Gasteiger partial charge is 0.337 e. The largest absolute Gasteiger partial charge is 0.384 e. The van der Waals surface area contributed by atoms with E-state index < -0.39 is 5.92 Å². The molecule has 1 aliphatic carbocycles. The van der Waals surface area contributed by atoms with Crippen molar-refractivity contribution in [1.82, 2.24) is 13.9 Å². The number of halogens is 2. The summed E-state index contributed by atoms with van der Waals surface area (Å²) in [6.45, 7) is 6.26. The number of nitrogens with zero attached hydrogens (tertiary/aromatic N) is 6. The van der Waals surface area contributed by atoms with E-state index in [4.69, 9.17) is 4.74 Å². The van der Waals surface area contributed by atoms with Crippen molar-refractivity contribution in [3.8, 4) is 5.69 Å². The highest BCUT2D eigenvalue weighted by atomic mass is 19.3. The fourth-order valence-corrected chi connectivity index (χ4v) is 7.06. The van der Waals surface area contributed by atoms with Gasteiger partial charge in [-0.05, 0) is 84.4 Å². The number of aromatic nitrogens is 2. The summed E-state index contributed by atoms with van der Waals surface area (Å²) in [5.41, 5.74) is 2.11. The third-order valence-corrected chi connectivity index (χ3v) is 9.12. The molecule has 42 heavy (non-hydrogen) atoms. The first-order valence-corrected chi connectivity index (χ1v) is 14.9. The highest BCUT2D eigenvalue weighted by molar-refractivity contribution is 5.58. The van der Waals surface area contributed by atoms with E-state index in [0.29, 0.717) is 30.0 Å². The van der Waals surface area contributed by atoms with Crippen LogP contribution in [0.4, 0.5) is 8.78 Å². The molecule has 4 heterocycles. The van der Waals surface area contributed by atoms with Gasteiger partial charge in [-0.3, -0.25) is 13.9 Å². The summed E-state index contributed by atoms with van der Waals surface area (Å²) in [4.78, 5) is 16.1. The number of pyridine rings is 1. The number of benzene rings is 1. The second-order valence-electron chi connectivity index (χ2n) is 12.6. The molecule has 0 amide bonds. The maximum Gasteiger partial charge on any atom is 0.337 e. The van der Waals surface area contributed by atoms with Gasteiger partial charge in [0.05, 0.1) is 29.3 Å². The molecular weight excluding hydrogens is 538 g/mol. The number of azo groups is 1. The van der Waals surface area contributed by atoms with E-state index in [1.165, 1.54) is 15.4 Å². The first kappa shape index (κ1) is 28.9. The van der Waals surface area contributed by atoms with Crippen molar-refractivity contribution in [3.63, 3.8) is 0 Å². The molecule has 10 heteroatoms. The van der Waals surface area contributed by atoms with E-state index in [1.54, 1.807) is 31.9 Å². The Balaban J connectivity index is 1.38. The zero-order chi connectivity index (χ0) is 29.6. The van der Waals surface area contributed by atoms with Crippen LogP contribution < -0.4 is 5.69 Å². The summed E-state index contributed by atoms with van der Waals surface area (Å²) in [5, 5.41) is 8.57. The number of hydrogen-bond donors (Lipinski definition) is 0. The number of hydrogen-bond acceptors (Lipinski definition) is 5. The van der Waals surface area contributed by atoms with Crippen LogP contribution in [0.5, 0.6) is 0 Å². The molecule has 3 aliphatic rings. The molecule has 2 fully saturated rings. The van der Waals surface area contributed by atoms with Crippen molar-refractivity contribution in [2.24, 2.45) is 28.0 Å². The number of ether oxygens (including phenoxy) is 1. The van der Waals surface area contributed by atoms with Crippen LogP contribution in [-0.4, -0.2) is 58.6 Å². The Morgan fingerprint density at radius 1 is 1.21 bits per heavy atom. The van der Waals surface area contributed by atoms with Crippen LogP contribution in [0.3, 0.4) is 0 Å². The van der Waals surface area contributed by atoms with Gasteiger partial charge in [-0.1, -0.05) is 19.1 Å². The molecular formula is C32H40F2N6O2+. The number of fused-ring (bicyclic) bond motifs is 1. The lowest BCUT2D eigenvalue weighted by molar-refractivity contribution is -0.480. The minimum absolute atomic E-state index is 0.00707. The van der Waals surface area contributed by atoms with E-state index in [0.717, 1.165) is 63.2 Å². The predicted octanol–water partition coefficient (Wildman–Crippen LogP) is 5.82. The highest BCUT2D eigenvalue weighted by Crippen LogP contribution is 2.48. The Labute approximate surface area is 245 Å². The van der Waals surface area contributed by atoms with Gasteiger partial charge in [0, 0.05) is 51.7 Å². The Bertz CT molecular complexity index is 1570. The molecule has 1 saturated carbocycles. The molecule has 1 aromatic carbocycles. The third-order valence-electron chi connectivity index (χ3n) is 9.12. The Hall–Kier alpha value is -3.24. The second kappa shape index (κ2) is 11.4. The zero-order valence-corrected chi connectivity index (χ0v) is 24.8. The Morgan fingerprint density at radius 2 is 2.02 bits per heavy atom. The number of alkyl halides is 2. The summed E-state index contributed by atoms with van der Waals surface area (Å²) in [5.74, 6) is -1.67. The monoisotopic (exact) mass is 578 g/mol. The molecule has 0 spiro atoms. The van der Waals surface area contributed by atoms with Gasteiger partial charge >= 0.3 is 18.2 Å². The number of likely N-dealkylation sites (tertiary alicyclic amines) is 1. The molecule has 1 radical (unpaired) electrons. The minimum atomic E-state index is -3.10. The van der Waals surface area contributed by atoms with Crippen LogP contribution >= 0.6 is 0 Å². The van der Waals surface area contributed by atoms with E-state index in [2.05, 4.69) is 28.1 Å². The van der Waals surface area contributed by atoms with E-state index in [-0.39, 0.29) is 22.7 Å². The zero-order valence-electron chi connectivity index (χ0n) is 24.8. The summed E-state index contributed by atoms with van der Waals surface area (Å²) in [6, 6.07) is 9.39. The normalized spacial score (nSPS) is 24.2. The van der Waals surface area contributed by atoms with Gasteiger partial charge in [-0.2, -0.15) is 0 Å². The second-order valence-corrected chi connectivity index (χ2v) is 12.6. The first-order chi connectivity index (χ1) is 20.1. The van der Waals surface area contributed by atoms with Gasteiger partial charge in [0.25, 0.3) is 5.92 Å². The Kier molecular flexibility index (Phi) is 7.87. The molecule has 0 bridgehead atoms. The van der Waals surface area contributed by atoms with Crippen LogP contribution in [0.25, 0.3) is 11.2 Å². The number of imidazole rings is 1. The lowest BCUT2D eigenvalue weighted by Crippen LogP contribution is -2.35. The van der Waals surface area contributed by atoms with Gasteiger partial charge in [0.2, 0.25) is 0 Å². The van der Waals surface area contributed by atoms with Crippen LogP contribution in [0.2, 0.25) is 0 Å². The van der Waals surface area contributed by atoms with Crippen molar-refractivity contribution >= 4 is 11.9 Å². The lowest BCUT2D eigenvalue weighted by atomic mass is 9.66. The fourth-order valence-electron chi connectivity index (χ4n) is 7.06. The van der Waals surface area contributed by atoms with Gasteiger partial charge in [-0.15, -0.1) is 0 Å². The van der Waals surface area contributed by atoms with Crippen LogP contribution in [0.15, 0.2) is 57.7 Å². The third kappa shape index (κ3) is 5.58. The number of rotatable bonds is 9. The van der Waals surface area contributed by atoms with Gasteiger partial charge < -0.3 is 4.74 Å². The molecule has 1 saturated heterocycles. The standard InChI is InChI=1S/C32H40F2N6O2/c1-21-7-6-10-38(15-21)16-23-13-27(32(2,33)34)28-18-39(31(41)40(28)17-23)26-9-5-8-24(14-26)29(30-36-35-20-37(30)3)25-11-22(12-25)19-42-4/h5,8-9,13-14,17-18,20-22,25,29H,6-7,10-12,15-16,19H2,1-4H3/q+1/t21-,22?,25?,29-/m0/s1. The summed E-state index contributed by atoms with van der Waals surface area (Å²) in [7, 11) is 3.67. The highest BCUT2D eigenvalue weighted by Gasteiger charge is 2.45. The van der Waals surface area contributed by atoms with E-state index >= 15 is 0 Å². The first-order valence-electron chi connectivity index (χ1n) is 14.9. The lowest BCUT2D eigenvalue weighted by Gasteiger charge is -2.40.